The van der Waals surface area contributed by atoms with E-state index in [0.29, 0.717) is 18.3 Å². The minimum absolute atomic E-state index is 0.0203. The molecule has 1 saturated heterocycles. The normalized spacial score (nSPS) is 15.7. The van der Waals surface area contributed by atoms with Crippen molar-refractivity contribution in [2.75, 3.05) is 13.1 Å². The molecule has 0 bridgehead atoms. The smallest absolute Gasteiger partial charge is 0.239 e. The summed E-state index contributed by atoms with van der Waals surface area (Å²) in [5.41, 5.74) is 14.3. The van der Waals surface area contributed by atoms with Gasteiger partial charge in [-0.05, 0) is 67.0 Å². The third-order valence-electron chi connectivity index (χ3n) is 7.20. The number of amides is 1. The highest BCUT2D eigenvalue weighted by Gasteiger charge is 2.28. The Morgan fingerprint density at radius 3 is 2.66 bits per heavy atom. The molecule has 1 atom stereocenters. The van der Waals surface area contributed by atoms with E-state index in [1.807, 2.05) is 18.0 Å². The Kier molecular flexibility index (Phi) is 6.43. The maximum Gasteiger partial charge on any atom is 0.239 e. The topological polar surface area (TPSA) is 104 Å². The van der Waals surface area contributed by atoms with Crippen LogP contribution in [0.2, 0.25) is 0 Å². The zero-order valence-corrected chi connectivity index (χ0v) is 20.7. The molecule has 4 heterocycles. The molecule has 7 heteroatoms. The predicted molar refractivity (Wildman–Crippen MR) is 139 cm³/mol. The molecule has 0 unspecified atom stereocenters. The van der Waals surface area contributed by atoms with Crippen LogP contribution in [0.1, 0.15) is 61.0 Å². The van der Waals surface area contributed by atoms with Crippen molar-refractivity contribution >= 4 is 16.8 Å². The van der Waals surface area contributed by atoms with E-state index in [9.17, 15) is 4.79 Å². The number of piperidine rings is 1. The van der Waals surface area contributed by atoms with E-state index in [1.54, 1.807) is 12.5 Å². The van der Waals surface area contributed by atoms with Gasteiger partial charge in [-0.25, -0.2) is 4.98 Å². The second kappa shape index (κ2) is 9.66. The number of nitrogens with one attached hydrogen (secondary N) is 2. The summed E-state index contributed by atoms with van der Waals surface area (Å²) in [7, 11) is 0. The lowest BCUT2D eigenvalue weighted by Gasteiger charge is -2.33. The highest BCUT2D eigenvalue weighted by Crippen LogP contribution is 2.38. The van der Waals surface area contributed by atoms with Crippen molar-refractivity contribution in [1.82, 2.24) is 24.8 Å². The van der Waals surface area contributed by atoms with Crippen molar-refractivity contribution in [2.24, 2.45) is 5.73 Å². The number of imidazole rings is 1. The molecule has 1 aliphatic heterocycles. The highest BCUT2D eigenvalue weighted by atomic mass is 16.2. The number of H-pyrrole nitrogens is 2. The van der Waals surface area contributed by atoms with Crippen molar-refractivity contribution in [1.29, 1.82) is 0 Å². The molecule has 5 rings (SSSR count). The van der Waals surface area contributed by atoms with Crippen LogP contribution in [0.15, 0.2) is 49.1 Å². The Morgan fingerprint density at radius 2 is 1.97 bits per heavy atom. The van der Waals surface area contributed by atoms with Crippen molar-refractivity contribution in [2.45, 2.75) is 57.9 Å². The van der Waals surface area contributed by atoms with Crippen molar-refractivity contribution in [3.05, 3.63) is 71.6 Å². The number of likely N-dealkylation sites (tertiary alicyclic amines) is 1. The van der Waals surface area contributed by atoms with Gasteiger partial charge in [0.25, 0.3) is 0 Å². The van der Waals surface area contributed by atoms with E-state index in [4.69, 9.17) is 5.73 Å². The monoisotopic (exact) mass is 470 g/mol. The minimum Gasteiger partial charge on any atom is -0.354 e. The average Bonchev–Trinajstić information content (AvgIpc) is 3.51. The molecule has 0 radical (unpaired) electrons. The fourth-order valence-electron chi connectivity index (χ4n) is 5.40. The standard InChI is InChI=1S/C28H34N6O/c1-17(2)26-23-13-20(4-5-25(23)33-27(26)21-6-9-31-18(3)12-21)19-7-10-34(11-8-19)28(35)24(29)14-22-15-30-16-32-22/h4-6,9,12-13,15-17,19,24,33H,7-8,10-11,14,29H2,1-3H3,(H,30,32)/t24-/m0/s1. The van der Waals surface area contributed by atoms with E-state index in [-0.39, 0.29) is 5.91 Å². The molecule has 1 fully saturated rings. The second-order valence-corrected chi connectivity index (χ2v) is 10.0. The van der Waals surface area contributed by atoms with Crippen LogP contribution in [0.3, 0.4) is 0 Å². The van der Waals surface area contributed by atoms with Crippen LogP contribution in [0.25, 0.3) is 22.2 Å². The van der Waals surface area contributed by atoms with Crippen LogP contribution >= 0.6 is 0 Å². The number of aryl methyl sites for hydroxylation is 1. The zero-order chi connectivity index (χ0) is 24.5. The summed E-state index contributed by atoms with van der Waals surface area (Å²) >= 11 is 0. The molecule has 7 nitrogen and oxygen atoms in total. The number of aromatic amines is 2. The summed E-state index contributed by atoms with van der Waals surface area (Å²) in [6.07, 6.45) is 7.65. The van der Waals surface area contributed by atoms with Crippen molar-refractivity contribution < 1.29 is 4.79 Å². The van der Waals surface area contributed by atoms with Gasteiger partial charge in [0.15, 0.2) is 0 Å². The fraction of sp³-hybridized carbons (Fsp3) is 0.393. The minimum atomic E-state index is -0.546. The molecule has 35 heavy (non-hydrogen) atoms. The van der Waals surface area contributed by atoms with Crippen LogP contribution in [-0.4, -0.2) is 49.9 Å². The maximum absolute atomic E-state index is 12.9. The van der Waals surface area contributed by atoms with Crippen molar-refractivity contribution in [3.8, 4) is 11.3 Å². The molecule has 1 aromatic carbocycles. The molecule has 182 valence electrons. The number of nitrogens with two attached hydrogens (primary N) is 1. The van der Waals surface area contributed by atoms with Gasteiger partial charge in [-0.15, -0.1) is 0 Å². The van der Waals surface area contributed by atoms with Gasteiger partial charge in [-0.2, -0.15) is 0 Å². The molecule has 0 saturated carbocycles. The number of benzene rings is 1. The molecule has 4 N–H and O–H groups in total. The molecule has 3 aromatic heterocycles. The Morgan fingerprint density at radius 1 is 1.17 bits per heavy atom. The number of hydrogen-bond acceptors (Lipinski definition) is 4. The molecular weight excluding hydrogens is 436 g/mol. The average molecular weight is 471 g/mol. The number of pyridine rings is 1. The SMILES string of the molecule is Cc1cc(-c2[nH]c3ccc(C4CCN(C(=O)[C@@H](N)Cc5c[nH]cn5)CC4)cc3c2C(C)C)ccn1. The van der Waals surface area contributed by atoms with E-state index < -0.39 is 6.04 Å². The first kappa shape index (κ1) is 23.3. The number of fused-ring (bicyclic) bond motifs is 1. The summed E-state index contributed by atoms with van der Waals surface area (Å²) in [5, 5.41) is 1.29. The zero-order valence-electron chi connectivity index (χ0n) is 20.7. The van der Waals surface area contributed by atoms with Gasteiger partial charge in [-0.3, -0.25) is 9.78 Å². The Bertz CT molecular complexity index is 1310. The van der Waals surface area contributed by atoms with Gasteiger partial charge < -0.3 is 20.6 Å². The van der Waals surface area contributed by atoms with Crippen molar-refractivity contribution in [3.63, 3.8) is 0 Å². The molecule has 1 aliphatic rings. The van der Waals surface area contributed by atoms with Gasteiger partial charge >= 0.3 is 0 Å². The van der Waals surface area contributed by atoms with Crippen LogP contribution in [0, 0.1) is 6.92 Å². The first-order valence-electron chi connectivity index (χ1n) is 12.5. The number of carbonyl (C=O) groups is 1. The Balaban J connectivity index is 1.33. The first-order chi connectivity index (χ1) is 16.9. The summed E-state index contributed by atoms with van der Waals surface area (Å²) in [6.45, 7) is 8.01. The van der Waals surface area contributed by atoms with Gasteiger partial charge in [0, 0.05) is 54.1 Å². The third kappa shape index (κ3) is 4.73. The van der Waals surface area contributed by atoms with Gasteiger partial charge in [0.1, 0.15) is 0 Å². The van der Waals surface area contributed by atoms with E-state index in [1.165, 1.54) is 33.3 Å². The number of carbonyl (C=O) groups excluding carboxylic acids is 1. The lowest BCUT2D eigenvalue weighted by atomic mass is 9.87. The molecule has 0 spiro atoms. The number of rotatable bonds is 6. The van der Waals surface area contributed by atoms with E-state index in [2.05, 4.69) is 64.1 Å². The van der Waals surface area contributed by atoms with E-state index in [0.717, 1.165) is 37.3 Å². The van der Waals surface area contributed by atoms with Gasteiger partial charge in [0.05, 0.1) is 23.8 Å². The van der Waals surface area contributed by atoms with Gasteiger partial charge in [-0.1, -0.05) is 19.9 Å². The summed E-state index contributed by atoms with van der Waals surface area (Å²) in [6, 6.07) is 10.5. The first-order valence-corrected chi connectivity index (χ1v) is 12.5. The summed E-state index contributed by atoms with van der Waals surface area (Å²) in [4.78, 5) is 29.9. The Hall–Kier alpha value is -3.45. The lowest BCUT2D eigenvalue weighted by molar-refractivity contribution is -0.133. The van der Waals surface area contributed by atoms with E-state index >= 15 is 0 Å². The van der Waals surface area contributed by atoms with Crippen LogP contribution in [0.4, 0.5) is 0 Å². The maximum atomic E-state index is 12.9. The van der Waals surface area contributed by atoms with Crippen LogP contribution < -0.4 is 5.73 Å². The molecule has 1 amide bonds. The summed E-state index contributed by atoms with van der Waals surface area (Å²) < 4.78 is 0. The second-order valence-electron chi connectivity index (χ2n) is 10.0. The molecular formula is C28H34N6O. The molecule has 4 aromatic rings. The fourth-order valence-corrected chi connectivity index (χ4v) is 5.40. The third-order valence-corrected chi connectivity index (χ3v) is 7.20. The van der Waals surface area contributed by atoms with Crippen LogP contribution in [0.5, 0.6) is 0 Å². The Labute approximate surface area is 206 Å². The van der Waals surface area contributed by atoms with Crippen LogP contribution in [-0.2, 0) is 11.2 Å². The highest BCUT2D eigenvalue weighted by molar-refractivity contribution is 5.92. The lowest BCUT2D eigenvalue weighted by Crippen LogP contribution is -2.47. The number of hydrogen-bond donors (Lipinski definition) is 3. The van der Waals surface area contributed by atoms with Gasteiger partial charge in [0.2, 0.25) is 5.91 Å². The largest absolute Gasteiger partial charge is 0.354 e. The number of nitrogens with zero attached hydrogens (tertiary/aromatic N) is 3. The number of aromatic nitrogens is 4. The predicted octanol–water partition coefficient (Wildman–Crippen LogP) is 4.66. The quantitative estimate of drug-likeness (QED) is 0.381. The molecule has 0 aliphatic carbocycles. The summed E-state index contributed by atoms with van der Waals surface area (Å²) in [5.74, 6) is 0.845.